The number of aromatic nitrogens is 4. The molecular weight excluding hydrogens is 535 g/mol. The topological polar surface area (TPSA) is 111 Å². The average Bonchev–Trinajstić information content (AvgIpc) is 3.59. The smallest absolute Gasteiger partial charge is 0.254 e. The number of hydrogen-bond acceptors (Lipinski definition) is 6. The minimum atomic E-state index is -1.13. The van der Waals surface area contributed by atoms with Gasteiger partial charge in [-0.2, -0.15) is 0 Å². The van der Waals surface area contributed by atoms with Crippen LogP contribution in [0.5, 0.6) is 5.75 Å². The molecule has 222 valence electrons. The Bertz CT molecular complexity index is 1670. The molecule has 3 N–H and O–H groups in total. The van der Waals surface area contributed by atoms with Crippen molar-refractivity contribution in [1.82, 2.24) is 24.0 Å². The molecular formula is C32H39FN6O3. The molecule has 3 fully saturated rings. The maximum absolute atomic E-state index is 14.2. The fourth-order valence-corrected chi connectivity index (χ4v) is 6.76. The summed E-state index contributed by atoms with van der Waals surface area (Å²) in [7, 11) is 3.53. The van der Waals surface area contributed by atoms with Crippen molar-refractivity contribution in [2.24, 2.45) is 24.6 Å². The first kappa shape index (κ1) is 27.3. The number of nitrogens with zero attached hydrogens (tertiary/aromatic N) is 5. The number of alkyl halides is 1. The average molecular weight is 575 g/mol. The van der Waals surface area contributed by atoms with E-state index in [-0.39, 0.29) is 30.8 Å². The van der Waals surface area contributed by atoms with Gasteiger partial charge >= 0.3 is 0 Å². The van der Waals surface area contributed by atoms with Crippen LogP contribution in [0, 0.1) is 11.8 Å². The highest BCUT2D eigenvalue weighted by Crippen LogP contribution is 2.43. The van der Waals surface area contributed by atoms with Gasteiger partial charge in [0.1, 0.15) is 28.7 Å². The number of fused-ring (bicyclic) bond motifs is 2. The second-order valence-corrected chi connectivity index (χ2v) is 12.8. The van der Waals surface area contributed by atoms with Gasteiger partial charge in [-0.15, -0.1) is 0 Å². The fraction of sp³-hybridized carbons (Fsp3) is 0.531. The third-order valence-electron chi connectivity index (χ3n) is 9.65. The number of benzene rings is 1. The van der Waals surface area contributed by atoms with Crippen LogP contribution < -0.4 is 10.5 Å². The number of methoxy groups -OCH3 is 1. The molecule has 1 amide bonds. The second-order valence-electron chi connectivity index (χ2n) is 12.8. The van der Waals surface area contributed by atoms with E-state index in [9.17, 15) is 14.3 Å². The molecule has 2 aliphatic carbocycles. The lowest BCUT2D eigenvalue weighted by atomic mass is 9.72. The van der Waals surface area contributed by atoms with Crippen LogP contribution in [0.1, 0.15) is 61.5 Å². The summed E-state index contributed by atoms with van der Waals surface area (Å²) in [5.41, 5.74) is 9.34. The Morgan fingerprint density at radius 2 is 1.95 bits per heavy atom. The number of carbonyl (C=O) groups excluding carboxylic acids is 1. The molecule has 1 aliphatic heterocycles. The van der Waals surface area contributed by atoms with E-state index in [0.717, 1.165) is 53.9 Å². The fourth-order valence-electron chi connectivity index (χ4n) is 6.76. The van der Waals surface area contributed by atoms with Crippen molar-refractivity contribution in [2.45, 2.75) is 69.8 Å². The van der Waals surface area contributed by atoms with E-state index in [2.05, 4.69) is 16.7 Å². The molecule has 2 saturated carbocycles. The minimum Gasteiger partial charge on any atom is -0.494 e. The van der Waals surface area contributed by atoms with Gasteiger partial charge in [-0.25, -0.2) is 14.4 Å². The van der Waals surface area contributed by atoms with E-state index < -0.39 is 11.8 Å². The molecule has 1 unspecified atom stereocenters. The van der Waals surface area contributed by atoms with Crippen LogP contribution >= 0.6 is 0 Å². The molecule has 0 radical (unpaired) electrons. The first-order valence-electron chi connectivity index (χ1n) is 15.1. The Labute approximate surface area is 244 Å². The third kappa shape index (κ3) is 4.55. The largest absolute Gasteiger partial charge is 0.494 e. The molecule has 1 saturated heterocycles. The van der Waals surface area contributed by atoms with Crippen molar-refractivity contribution in [3.8, 4) is 17.3 Å². The molecule has 42 heavy (non-hydrogen) atoms. The van der Waals surface area contributed by atoms with Gasteiger partial charge in [-0.3, -0.25) is 4.79 Å². The van der Waals surface area contributed by atoms with E-state index in [4.69, 9.17) is 20.4 Å². The Morgan fingerprint density at radius 3 is 2.62 bits per heavy atom. The van der Waals surface area contributed by atoms with Gasteiger partial charge < -0.3 is 29.6 Å². The number of likely N-dealkylation sites (tertiary alicyclic amines) is 1. The molecule has 0 bridgehead atoms. The maximum Gasteiger partial charge on any atom is 0.254 e. The SMILES string of the molecule is COc1cc(C(=O)N2C[C@H](N)C[C@@H](F)C2)cc2nc(-c3cc4ccc(C(C)(O)C5CCC5)nc4n3CC3CC3)n(C)c12. The highest BCUT2D eigenvalue weighted by atomic mass is 19.1. The second kappa shape index (κ2) is 10.1. The molecule has 0 spiro atoms. The lowest BCUT2D eigenvalue weighted by Crippen LogP contribution is -2.50. The van der Waals surface area contributed by atoms with Crippen molar-refractivity contribution < 1.29 is 19.0 Å². The maximum atomic E-state index is 14.2. The standard InChI is InChI=1S/C32H39FN6O3/c1-32(41,21-5-4-6-21)27-10-9-19-12-25(39(29(19)36-27)15-18-7-8-18)30-35-24-11-20(13-26(42-3)28(24)37(30)2)31(40)38-16-22(33)14-23(34)17-38/h9-13,18,21-23,41H,4-8,14-17,34H2,1-3H3/t22-,23-,32?/m1/s1. The molecule has 1 aromatic carbocycles. The normalized spacial score (nSPS) is 22.9. The summed E-state index contributed by atoms with van der Waals surface area (Å²) in [4.78, 5) is 25.0. The molecule has 4 aromatic rings. The Hall–Kier alpha value is -3.50. The van der Waals surface area contributed by atoms with Gasteiger partial charge in [0.15, 0.2) is 5.82 Å². The third-order valence-corrected chi connectivity index (χ3v) is 9.65. The van der Waals surface area contributed by atoms with Crippen LogP contribution in [0.4, 0.5) is 4.39 Å². The van der Waals surface area contributed by atoms with Crippen molar-refractivity contribution in [1.29, 1.82) is 0 Å². The van der Waals surface area contributed by atoms with E-state index in [1.165, 1.54) is 17.7 Å². The predicted molar refractivity (Wildman–Crippen MR) is 159 cm³/mol. The summed E-state index contributed by atoms with van der Waals surface area (Å²) in [6, 6.07) is 9.21. The number of halogens is 1. The van der Waals surface area contributed by atoms with E-state index in [0.29, 0.717) is 35.0 Å². The number of nitrogens with two attached hydrogens (primary N) is 1. The van der Waals surface area contributed by atoms with Crippen LogP contribution in [0.15, 0.2) is 30.3 Å². The summed E-state index contributed by atoms with van der Waals surface area (Å²) in [6.45, 7) is 3.06. The molecule has 7 rings (SSSR count). The van der Waals surface area contributed by atoms with Crippen LogP contribution in [-0.4, -0.2) is 67.4 Å². The number of imidazole rings is 1. The molecule has 10 heteroatoms. The summed E-state index contributed by atoms with van der Waals surface area (Å²) in [6.07, 6.45) is 4.68. The predicted octanol–water partition coefficient (Wildman–Crippen LogP) is 4.53. The highest BCUT2D eigenvalue weighted by molar-refractivity contribution is 6.00. The Kier molecular flexibility index (Phi) is 6.54. The zero-order valence-corrected chi connectivity index (χ0v) is 24.5. The van der Waals surface area contributed by atoms with Gasteiger partial charge in [-0.05, 0) is 81.2 Å². The zero-order valence-electron chi connectivity index (χ0n) is 24.5. The number of pyridine rings is 1. The molecule has 9 nitrogen and oxygen atoms in total. The number of piperidine rings is 1. The van der Waals surface area contributed by atoms with Crippen LogP contribution in [0.3, 0.4) is 0 Å². The van der Waals surface area contributed by atoms with E-state index >= 15 is 0 Å². The van der Waals surface area contributed by atoms with E-state index in [1.54, 1.807) is 19.2 Å². The van der Waals surface area contributed by atoms with Gasteiger partial charge in [0.2, 0.25) is 0 Å². The lowest BCUT2D eigenvalue weighted by Gasteiger charge is -2.38. The van der Waals surface area contributed by atoms with E-state index in [1.807, 2.05) is 24.6 Å². The number of ether oxygens (including phenoxy) is 1. The van der Waals surface area contributed by atoms with Gasteiger partial charge in [0.05, 0.1) is 30.6 Å². The lowest BCUT2D eigenvalue weighted by molar-refractivity contribution is -0.0432. The quantitative estimate of drug-likeness (QED) is 0.336. The van der Waals surface area contributed by atoms with Crippen molar-refractivity contribution in [3.05, 3.63) is 41.6 Å². The number of amides is 1. The molecule has 3 aliphatic rings. The molecule has 4 heterocycles. The van der Waals surface area contributed by atoms with Crippen molar-refractivity contribution >= 4 is 28.0 Å². The van der Waals surface area contributed by atoms with Gasteiger partial charge in [0, 0.05) is 37.1 Å². The Morgan fingerprint density at radius 1 is 1.17 bits per heavy atom. The van der Waals surface area contributed by atoms with Crippen LogP contribution in [-0.2, 0) is 19.2 Å². The monoisotopic (exact) mass is 574 g/mol. The van der Waals surface area contributed by atoms with Crippen LogP contribution in [0.25, 0.3) is 33.6 Å². The highest BCUT2D eigenvalue weighted by Gasteiger charge is 2.39. The summed E-state index contributed by atoms with van der Waals surface area (Å²) < 4.78 is 24.2. The number of carbonyl (C=O) groups is 1. The first-order valence-corrected chi connectivity index (χ1v) is 15.1. The summed E-state index contributed by atoms with van der Waals surface area (Å²) in [5.74, 6) is 1.80. The number of aliphatic hydroxyl groups is 1. The minimum absolute atomic E-state index is 0.0320. The van der Waals surface area contributed by atoms with Crippen LogP contribution in [0.2, 0.25) is 0 Å². The summed E-state index contributed by atoms with van der Waals surface area (Å²) in [5, 5.41) is 12.4. The van der Waals surface area contributed by atoms with Crippen molar-refractivity contribution in [2.75, 3.05) is 20.2 Å². The number of rotatable bonds is 7. The number of aryl methyl sites for hydroxylation is 1. The zero-order chi connectivity index (χ0) is 29.3. The van der Waals surface area contributed by atoms with Gasteiger partial charge in [0.25, 0.3) is 5.91 Å². The number of hydrogen-bond donors (Lipinski definition) is 2. The van der Waals surface area contributed by atoms with Crippen molar-refractivity contribution in [3.63, 3.8) is 0 Å². The Balaban J connectivity index is 1.33. The molecule has 3 atom stereocenters. The molecule has 3 aromatic heterocycles. The van der Waals surface area contributed by atoms with Gasteiger partial charge in [-0.1, -0.05) is 6.42 Å². The summed E-state index contributed by atoms with van der Waals surface area (Å²) >= 11 is 0. The first-order chi connectivity index (χ1) is 20.1.